The van der Waals surface area contributed by atoms with Gasteiger partial charge in [-0.2, -0.15) is 0 Å². The van der Waals surface area contributed by atoms with E-state index in [2.05, 4.69) is 5.32 Å². The Bertz CT molecular complexity index is 495. The molecule has 0 spiro atoms. The van der Waals surface area contributed by atoms with Crippen molar-refractivity contribution in [3.05, 3.63) is 0 Å². The van der Waals surface area contributed by atoms with Gasteiger partial charge in [0.1, 0.15) is 18.1 Å². The van der Waals surface area contributed by atoms with Crippen LogP contribution in [0.25, 0.3) is 0 Å². The lowest BCUT2D eigenvalue weighted by Crippen LogP contribution is -2.56. The third kappa shape index (κ3) is 7.73. The molecule has 4 amide bonds. The van der Waals surface area contributed by atoms with Crippen LogP contribution in [-0.2, 0) is 24.0 Å². The van der Waals surface area contributed by atoms with Crippen molar-refractivity contribution in [3.8, 4) is 0 Å². The first-order valence-corrected chi connectivity index (χ1v) is 6.35. The van der Waals surface area contributed by atoms with Gasteiger partial charge in [0.05, 0.1) is 19.4 Å². The summed E-state index contributed by atoms with van der Waals surface area (Å²) in [5.41, 5.74) is 15.1. The number of amides is 4. The van der Waals surface area contributed by atoms with Crippen LogP contribution in [0.2, 0.25) is 0 Å². The van der Waals surface area contributed by atoms with Crippen molar-refractivity contribution < 1.29 is 34.2 Å². The van der Waals surface area contributed by atoms with Crippen LogP contribution < -0.4 is 27.8 Å². The van der Waals surface area contributed by atoms with Crippen molar-refractivity contribution >= 4 is 29.6 Å². The summed E-state index contributed by atoms with van der Waals surface area (Å²) in [5, 5.41) is 21.6. The Labute approximate surface area is 130 Å². The molecule has 0 rings (SSSR count). The number of rotatable bonds is 10. The van der Waals surface area contributed by atoms with Crippen molar-refractivity contribution in [3.63, 3.8) is 0 Å². The first-order chi connectivity index (χ1) is 10.6. The molecule has 12 heteroatoms. The summed E-state index contributed by atoms with van der Waals surface area (Å²) in [7, 11) is 0. The van der Waals surface area contributed by atoms with Gasteiger partial charge in [-0.15, -0.1) is 0 Å². The average Bonchev–Trinajstić information content (AvgIpc) is 2.43. The molecule has 0 aromatic carbocycles. The zero-order valence-corrected chi connectivity index (χ0v) is 12.0. The molecule has 130 valence electrons. The second-order valence-corrected chi connectivity index (χ2v) is 4.59. The molecule has 10 N–H and O–H groups in total. The minimum absolute atomic E-state index is 0.640. The fraction of sp³-hybridized carbons (Fsp3) is 0.545. The molecule has 0 bridgehead atoms. The number of hydrogen-bond acceptors (Lipinski definition) is 7. The molecule has 0 aliphatic carbocycles. The van der Waals surface area contributed by atoms with Crippen molar-refractivity contribution in [1.29, 1.82) is 0 Å². The van der Waals surface area contributed by atoms with E-state index < -0.39 is 67.2 Å². The minimum Gasteiger partial charge on any atom is -0.480 e. The second-order valence-electron chi connectivity index (χ2n) is 4.59. The van der Waals surface area contributed by atoms with E-state index in [1.807, 2.05) is 5.32 Å². The van der Waals surface area contributed by atoms with E-state index in [-0.39, 0.29) is 0 Å². The first kappa shape index (κ1) is 20.3. The summed E-state index contributed by atoms with van der Waals surface area (Å²) in [6.07, 6.45) is -1.33. The van der Waals surface area contributed by atoms with Gasteiger partial charge in [-0.25, -0.2) is 4.79 Å². The van der Waals surface area contributed by atoms with Crippen LogP contribution in [-0.4, -0.2) is 64.5 Å². The molecule has 0 radical (unpaired) electrons. The molecule has 0 fully saturated rings. The lowest BCUT2D eigenvalue weighted by molar-refractivity contribution is -0.143. The number of nitrogens with two attached hydrogens (primary N) is 3. The number of carbonyl (C=O) groups excluding carboxylic acids is 4. The molecule has 0 aliphatic heterocycles. The van der Waals surface area contributed by atoms with Crippen molar-refractivity contribution in [2.24, 2.45) is 17.2 Å². The van der Waals surface area contributed by atoms with Gasteiger partial charge in [0.15, 0.2) is 0 Å². The number of carboxylic acid groups (broad SMARTS) is 1. The van der Waals surface area contributed by atoms with Gasteiger partial charge < -0.3 is 38.0 Å². The van der Waals surface area contributed by atoms with E-state index in [4.69, 9.17) is 27.4 Å². The van der Waals surface area contributed by atoms with Gasteiger partial charge in [0, 0.05) is 0 Å². The van der Waals surface area contributed by atoms with Crippen LogP contribution in [0.15, 0.2) is 0 Å². The minimum atomic E-state index is -1.64. The maximum atomic E-state index is 12.0. The number of hydrogen-bond donors (Lipinski definition) is 7. The van der Waals surface area contributed by atoms with Gasteiger partial charge >= 0.3 is 5.97 Å². The Kier molecular flexibility index (Phi) is 8.21. The molecule has 0 aromatic rings. The van der Waals surface area contributed by atoms with Crippen molar-refractivity contribution in [2.45, 2.75) is 31.0 Å². The summed E-state index contributed by atoms with van der Waals surface area (Å²) >= 11 is 0. The highest BCUT2D eigenvalue weighted by Crippen LogP contribution is 1.98. The Balaban J connectivity index is 5.04. The summed E-state index contributed by atoms with van der Waals surface area (Å²) in [5.74, 6) is -5.49. The molecule has 23 heavy (non-hydrogen) atoms. The van der Waals surface area contributed by atoms with Gasteiger partial charge in [-0.05, 0) is 0 Å². The third-order valence-corrected chi connectivity index (χ3v) is 2.59. The molecule has 3 unspecified atom stereocenters. The largest absolute Gasteiger partial charge is 0.480 e. The highest BCUT2D eigenvalue weighted by atomic mass is 16.4. The molecular weight excluding hydrogens is 314 g/mol. The number of nitrogens with one attached hydrogen (secondary N) is 2. The van der Waals surface area contributed by atoms with Crippen LogP contribution in [0, 0.1) is 0 Å². The molecule has 12 nitrogen and oxygen atoms in total. The van der Waals surface area contributed by atoms with Crippen LogP contribution in [0.4, 0.5) is 0 Å². The number of primary amides is 2. The summed E-state index contributed by atoms with van der Waals surface area (Å²) in [6.45, 7) is -0.712. The van der Waals surface area contributed by atoms with Gasteiger partial charge in [-0.3, -0.25) is 19.2 Å². The highest BCUT2D eigenvalue weighted by molar-refractivity contribution is 5.95. The van der Waals surface area contributed by atoms with Crippen LogP contribution >= 0.6 is 0 Å². The molecule has 0 saturated heterocycles. The summed E-state index contributed by atoms with van der Waals surface area (Å²) < 4.78 is 0. The molecule has 0 aromatic heterocycles. The Morgan fingerprint density at radius 1 is 0.870 bits per heavy atom. The van der Waals surface area contributed by atoms with Crippen LogP contribution in [0.1, 0.15) is 12.8 Å². The van der Waals surface area contributed by atoms with E-state index in [1.54, 1.807) is 0 Å². The quantitative estimate of drug-likeness (QED) is 0.204. The van der Waals surface area contributed by atoms with Crippen molar-refractivity contribution in [2.75, 3.05) is 6.61 Å². The normalized spacial score (nSPS) is 14.2. The lowest BCUT2D eigenvalue weighted by Gasteiger charge is -2.21. The lowest BCUT2D eigenvalue weighted by atomic mass is 10.1. The molecule has 3 atom stereocenters. The third-order valence-electron chi connectivity index (χ3n) is 2.59. The number of carboxylic acids is 1. The van der Waals surface area contributed by atoms with Gasteiger partial charge in [0.25, 0.3) is 0 Å². The predicted octanol–water partition coefficient (Wildman–Crippen LogP) is -4.89. The molecule has 0 aliphatic rings. The summed E-state index contributed by atoms with van der Waals surface area (Å²) in [6, 6.07) is -4.51. The molecule has 0 saturated carbocycles. The van der Waals surface area contributed by atoms with Crippen molar-refractivity contribution in [1.82, 2.24) is 10.6 Å². The maximum Gasteiger partial charge on any atom is 0.326 e. The Morgan fingerprint density at radius 3 is 1.70 bits per heavy atom. The molecule has 0 heterocycles. The van der Waals surface area contributed by atoms with Crippen LogP contribution in [0.3, 0.4) is 0 Å². The number of aliphatic carboxylic acids is 1. The average molecular weight is 333 g/mol. The smallest absolute Gasteiger partial charge is 0.326 e. The SMILES string of the molecule is NC(=O)CC(NC(=O)C(CC(N)=O)NC(=O)C(N)CO)C(=O)O. The monoisotopic (exact) mass is 333 g/mol. The van der Waals surface area contributed by atoms with E-state index in [1.165, 1.54) is 0 Å². The van der Waals surface area contributed by atoms with Crippen LogP contribution in [0.5, 0.6) is 0 Å². The van der Waals surface area contributed by atoms with E-state index in [9.17, 15) is 24.0 Å². The maximum absolute atomic E-state index is 12.0. The topological polar surface area (TPSA) is 228 Å². The Hall–Kier alpha value is -2.73. The number of aliphatic hydroxyl groups excluding tert-OH is 1. The number of aliphatic hydroxyl groups is 1. The Morgan fingerprint density at radius 2 is 1.30 bits per heavy atom. The van der Waals surface area contributed by atoms with E-state index in [0.717, 1.165) is 0 Å². The number of carbonyl (C=O) groups is 5. The fourth-order valence-electron chi connectivity index (χ4n) is 1.45. The first-order valence-electron chi connectivity index (χ1n) is 6.35. The zero-order valence-electron chi connectivity index (χ0n) is 12.0. The zero-order chi connectivity index (χ0) is 18.2. The fourth-order valence-corrected chi connectivity index (χ4v) is 1.45. The molecular formula is C11H19N5O7. The van der Waals surface area contributed by atoms with Gasteiger partial charge in [-0.1, -0.05) is 0 Å². The predicted molar refractivity (Wildman–Crippen MR) is 74.2 cm³/mol. The standard InChI is InChI=1S/C11H19N5O7/c12-4(3-17)9(20)15-5(1-7(13)18)10(21)16-6(11(22)23)2-8(14)19/h4-6,17H,1-3,12H2,(H2,13,18)(H2,14,19)(H,15,20)(H,16,21)(H,22,23). The van der Waals surface area contributed by atoms with E-state index in [0.29, 0.717) is 0 Å². The summed E-state index contributed by atoms with van der Waals surface area (Å²) in [4.78, 5) is 56.2. The van der Waals surface area contributed by atoms with Gasteiger partial charge in [0.2, 0.25) is 23.6 Å². The second kappa shape index (κ2) is 9.32. The highest BCUT2D eigenvalue weighted by Gasteiger charge is 2.29. The van der Waals surface area contributed by atoms with E-state index >= 15 is 0 Å².